The molecule has 2 nitrogen and oxygen atoms in total. The molecule has 3 heteroatoms. The van der Waals surface area contributed by atoms with Crippen molar-refractivity contribution in [1.29, 1.82) is 5.26 Å². The second kappa shape index (κ2) is 5.38. The molecule has 0 unspecified atom stereocenters. The van der Waals surface area contributed by atoms with Gasteiger partial charge >= 0.3 is 0 Å². The van der Waals surface area contributed by atoms with E-state index >= 15 is 0 Å². The van der Waals surface area contributed by atoms with Gasteiger partial charge in [0.05, 0.1) is 11.6 Å². The van der Waals surface area contributed by atoms with Gasteiger partial charge in [-0.1, -0.05) is 29.8 Å². The van der Waals surface area contributed by atoms with Crippen LogP contribution in [0.4, 0.5) is 0 Å². The fourth-order valence-corrected chi connectivity index (χ4v) is 1.57. The van der Waals surface area contributed by atoms with E-state index in [4.69, 9.17) is 21.6 Å². The highest BCUT2D eigenvalue weighted by molar-refractivity contribution is 6.30. The summed E-state index contributed by atoms with van der Waals surface area (Å²) in [5, 5.41) is 9.60. The summed E-state index contributed by atoms with van der Waals surface area (Å²) in [7, 11) is 0. The maximum absolute atomic E-state index is 8.93. The third-order valence-corrected chi connectivity index (χ3v) is 2.60. The molecule has 0 bridgehead atoms. The second-order valence-corrected chi connectivity index (χ2v) is 3.95. The van der Waals surface area contributed by atoms with E-state index in [0.29, 0.717) is 17.2 Å². The molecule has 2 rings (SSSR count). The number of nitriles is 1. The number of hydrogen-bond acceptors (Lipinski definition) is 2. The van der Waals surface area contributed by atoms with Gasteiger partial charge in [0, 0.05) is 10.6 Å². The van der Waals surface area contributed by atoms with Gasteiger partial charge in [0.2, 0.25) is 0 Å². The average molecular weight is 244 g/mol. The zero-order valence-corrected chi connectivity index (χ0v) is 9.82. The van der Waals surface area contributed by atoms with Crippen molar-refractivity contribution in [3.8, 4) is 11.8 Å². The maximum atomic E-state index is 8.93. The van der Waals surface area contributed by atoms with Crippen LogP contribution in [0.5, 0.6) is 5.75 Å². The third-order valence-electron chi connectivity index (χ3n) is 2.35. The lowest BCUT2D eigenvalue weighted by atomic mass is 10.1. The van der Waals surface area contributed by atoms with Crippen LogP contribution >= 0.6 is 11.6 Å². The van der Waals surface area contributed by atoms with Crippen LogP contribution < -0.4 is 4.74 Å². The summed E-state index contributed by atoms with van der Waals surface area (Å²) in [6.07, 6.45) is 0. The SMILES string of the molecule is N#Cc1ccccc1COc1ccc(Cl)cc1. The van der Waals surface area contributed by atoms with E-state index in [2.05, 4.69) is 6.07 Å². The van der Waals surface area contributed by atoms with Gasteiger partial charge in [0.25, 0.3) is 0 Å². The van der Waals surface area contributed by atoms with E-state index in [9.17, 15) is 0 Å². The van der Waals surface area contributed by atoms with Gasteiger partial charge in [-0.3, -0.25) is 0 Å². The van der Waals surface area contributed by atoms with Crippen LogP contribution in [-0.4, -0.2) is 0 Å². The number of rotatable bonds is 3. The fraction of sp³-hybridized carbons (Fsp3) is 0.0714. The topological polar surface area (TPSA) is 33.0 Å². The zero-order valence-electron chi connectivity index (χ0n) is 9.06. The summed E-state index contributed by atoms with van der Waals surface area (Å²) >= 11 is 5.78. The van der Waals surface area contributed by atoms with Gasteiger partial charge in [-0.25, -0.2) is 0 Å². The van der Waals surface area contributed by atoms with Crippen molar-refractivity contribution in [3.05, 3.63) is 64.7 Å². The molecule has 0 heterocycles. The fourth-order valence-electron chi connectivity index (χ4n) is 1.45. The Hall–Kier alpha value is -1.98. The van der Waals surface area contributed by atoms with Gasteiger partial charge in [0.1, 0.15) is 12.4 Å². The highest BCUT2D eigenvalue weighted by atomic mass is 35.5. The standard InChI is InChI=1S/C14H10ClNO/c15-13-5-7-14(8-6-13)17-10-12-4-2-1-3-11(12)9-16/h1-8H,10H2. The summed E-state index contributed by atoms with van der Waals surface area (Å²) in [5.74, 6) is 0.738. The van der Waals surface area contributed by atoms with E-state index in [-0.39, 0.29) is 0 Å². The molecule has 0 aliphatic rings. The third kappa shape index (κ3) is 2.99. The molecule has 2 aromatic rings. The van der Waals surface area contributed by atoms with Gasteiger partial charge in [-0.05, 0) is 30.3 Å². The van der Waals surface area contributed by atoms with Crippen molar-refractivity contribution in [2.24, 2.45) is 0 Å². The summed E-state index contributed by atoms with van der Waals surface area (Å²) in [6, 6.07) is 16.7. The Morgan fingerprint density at radius 3 is 2.47 bits per heavy atom. The Bertz CT molecular complexity index is 543. The first-order chi connectivity index (χ1) is 8.29. The Morgan fingerprint density at radius 2 is 1.76 bits per heavy atom. The molecule has 84 valence electrons. The predicted molar refractivity (Wildman–Crippen MR) is 66.9 cm³/mol. The van der Waals surface area contributed by atoms with Gasteiger partial charge in [-0.2, -0.15) is 5.26 Å². The minimum absolute atomic E-state index is 0.380. The minimum atomic E-state index is 0.380. The van der Waals surface area contributed by atoms with Crippen molar-refractivity contribution in [2.45, 2.75) is 6.61 Å². The van der Waals surface area contributed by atoms with Crippen LogP contribution in [0.25, 0.3) is 0 Å². The Balaban J connectivity index is 2.08. The minimum Gasteiger partial charge on any atom is -0.489 e. The first-order valence-corrected chi connectivity index (χ1v) is 5.54. The molecule has 0 aromatic heterocycles. The smallest absolute Gasteiger partial charge is 0.119 e. The van der Waals surface area contributed by atoms with Crippen molar-refractivity contribution in [1.82, 2.24) is 0 Å². The summed E-state index contributed by atoms with van der Waals surface area (Å²) in [4.78, 5) is 0. The Morgan fingerprint density at radius 1 is 1.06 bits per heavy atom. The number of hydrogen-bond donors (Lipinski definition) is 0. The molecule has 2 aromatic carbocycles. The first-order valence-electron chi connectivity index (χ1n) is 5.16. The molecular weight excluding hydrogens is 234 g/mol. The molecule has 0 aliphatic heterocycles. The van der Waals surface area contributed by atoms with Gasteiger partial charge < -0.3 is 4.74 Å². The molecule has 0 amide bonds. The van der Waals surface area contributed by atoms with Crippen molar-refractivity contribution in [3.63, 3.8) is 0 Å². The van der Waals surface area contributed by atoms with E-state index in [1.165, 1.54) is 0 Å². The molecule has 17 heavy (non-hydrogen) atoms. The van der Waals surface area contributed by atoms with Crippen molar-refractivity contribution < 1.29 is 4.74 Å². The van der Waals surface area contributed by atoms with E-state index in [1.54, 1.807) is 30.3 Å². The van der Waals surface area contributed by atoms with Crippen LogP contribution in [-0.2, 0) is 6.61 Å². The number of ether oxygens (including phenoxy) is 1. The highest BCUT2D eigenvalue weighted by Crippen LogP contribution is 2.17. The Kier molecular flexibility index (Phi) is 3.64. The molecule has 0 radical (unpaired) electrons. The molecule has 0 fully saturated rings. The largest absolute Gasteiger partial charge is 0.489 e. The van der Waals surface area contributed by atoms with Crippen LogP contribution in [0.2, 0.25) is 5.02 Å². The average Bonchev–Trinajstić information content (AvgIpc) is 2.38. The zero-order chi connectivity index (χ0) is 12.1. The molecule has 0 spiro atoms. The van der Waals surface area contributed by atoms with E-state index < -0.39 is 0 Å². The normalized spacial score (nSPS) is 9.65. The summed E-state index contributed by atoms with van der Waals surface area (Å²) < 4.78 is 5.58. The van der Waals surface area contributed by atoms with Crippen molar-refractivity contribution >= 4 is 11.6 Å². The Labute approximate surface area is 105 Å². The van der Waals surface area contributed by atoms with Crippen molar-refractivity contribution in [2.75, 3.05) is 0 Å². The lowest BCUT2D eigenvalue weighted by Crippen LogP contribution is -1.97. The lowest BCUT2D eigenvalue weighted by Gasteiger charge is -2.07. The molecule has 0 saturated carbocycles. The number of halogens is 1. The molecule has 0 aliphatic carbocycles. The van der Waals surface area contributed by atoms with E-state index in [1.807, 2.05) is 18.2 Å². The monoisotopic (exact) mass is 243 g/mol. The number of benzene rings is 2. The molecule has 0 atom stereocenters. The molecule has 0 saturated heterocycles. The molecule has 0 N–H and O–H groups in total. The van der Waals surface area contributed by atoms with Gasteiger partial charge in [-0.15, -0.1) is 0 Å². The van der Waals surface area contributed by atoms with Crippen LogP contribution in [0.3, 0.4) is 0 Å². The lowest BCUT2D eigenvalue weighted by molar-refractivity contribution is 0.306. The number of nitrogens with zero attached hydrogens (tertiary/aromatic N) is 1. The summed E-state index contributed by atoms with van der Waals surface area (Å²) in [6.45, 7) is 0.380. The predicted octanol–water partition coefficient (Wildman–Crippen LogP) is 3.79. The molecular formula is C14H10ClNO. The second-order valence-electron chi connectivity index (χ2n) is 3.51. The van der Waals surface area contributed by atoms with Crippen LogP contribution in [0.1, 0.15) is 11.1 Å². The quantitative estimate of drug-likeness (QED) is 0.822. The first kappa shape index (κ1) is 11.5. The maximum Gasteiger partial charge on any atom is 0.119 e. The van der Waals surface area contributed by atoms with Crippen LogP contribution in [0.15, 0.2) is 48.5 Å². The van der Waals surface area contributed by atoms with E-state index in [0.717, 1.165) is 11.3 Å². The highest BCUT2D eigenvalue weighted by Gasteiger charge is 2.01. The summed E-state index contributed by atoms with van der Waals surface area (Å²) in [5.41, 5.74) is 1.52. The van der Waals surface area contributed by atoms with Crippen LogP contribution in [0, 0.1) is 11.3 Å². The van der Waals surface area contributed by atoms with Gasteiger partial charge in [0.15, 0.2) is 0 Å².